The molecule has 0 saturated heterocycles. The van der Waals surface area contributed by atoms with E-state index in [0.29, 0.717) is 55.0 Å². The van der Waals surface area contributed by atoms with Crippen LogP contribution in [0.15, 0.2) is 99.9 Å². The molecule has 0 aliphatic carbocycles. The van der Waals surface area contributed by atoms with E-state index in [2.05, 4.69) is 0 Å². The maximum Gasteiger partial charge on any atom is 0.338 e. The summed E-state index contributed by atoms with van der Waals surface area (Å²) in [7, 11) is 3.15. The molecular weight excluding hydrogens is 624 g/mol. The first-order valence-corrected chi connectivity index (χ1v) is 15.8. The first-order chi connectivity index (χ1) is 22.3. The molecule has 4 aromatic carbocycles. The first-order valence-electron chi connectivity index (χ1n) is 14.6. The fourth-order valence-electron chi connectivity index (χ4n) is 5.59. The molecule has 0 fully saturated rings. The van der Waals surface area contributed by atoms with Crippen LogP contribution in [0.5, 0.6) is 17.2 Å². The van der Waals surface area contributed by atoms with Crippen LogP contribution in [0.3, 0.4) is 0 Å². The molecule has 6 rings (SSSR count). The summed E-state index contributed by atoms with van der Waals surface area (Å²) in [6.07, 6.45) is 1.79. The van der Waals surface area contributed by atoms with E-state index in [9.17, 15) is 9.59 Å². The molecule has 1 aliphatic heterocycles. The summed E-state index contributed by atoms with van der Waals surface area (Å²) in [5.41, 5.74) is 2.87. The standard InChI is InChI=1S/C36H31ClN2O6S/c1-5-44-35(41)31-21(2)38-36-39(33(31)32-26-9-7-6-8-24(26)13-17-28(32)42-3)34(40)30(46-36)19-23-12-16-27(29(18-23)43-4)45-20-22-10-14-25(37)15-11-22/h6-19,33H,5,20H2,1-4H3/b30-19-. The number of rotatable bonds is 9. The topological polar surface area (TPSA) is 88.4 Å². The van der Waals surface area contributed by atoms with E-state index < -0.39 is 12.0 Å². The third kappa shape index (κ3) is 5.91. The molecule has 0 bridgehead atoms. The molecular formula is C36H31ClN2O6S. The molecule has 234 valence electrons. The Bertz CT molecular complexity index is 2170. The number of carbonyl (C=O) groups excluding carboxylic acids is 1. The third-order valence-electron chi connectivity index (χ3n) is 7.73. The molecule has 1 unspecified atom stereocenters. The number of fused-ring (bicyclic) bond motifs is 2. The molecule has 5 aromatic rings. The average molecular weight is 655 g/mol. The van der Waals surface area contributed by atoms with E-state index in [4.69, 9.17) is 35.5 Å². The second-order valence-electron chi connectivity index (χ2n) is 10.5. The van der Waals surface area contributed by atoms with Crippen LogP contribution in [0.1, 0.15) is 36.6 Å². The number of allylic oxidation sites excluding steroid dienone is 1. The van der Waals surface area contributed by atoms with Crippen molar-refractivity contribution < 1.29 is 23.7 Å². The molecule has 1 aliphatic rings. The number of halogens is 1. The van der Waals surface area contributed by atoms with Crippen molar-refractivity contribution >= 4 is 45.8 Å². The van der Waals surface area contributed by atoms with Crippen molar-refractivity contribution in [1.82, 2.24) is 4.57 Å². The monoisotopic (exact) mass is 654 g/mol. The average Bonchev–Trinajstić information content (AvgIpc) is 3.37. The van der Waals surface area contributed by atoms with E-state index in [1.165, 1.54) is 11.3 Å². The zero-order chi connectivity index (χ0) is 32.4. The highest BCUT2D eigenvalue weighted by Gasteiger charge is 2.36. The maximum atomic E-state index is 14.3. The van der Waals surface area contributed by atoms with Crippen molar-refractivity contribution in [2.45, 2.75) is 26.5 Å². The van der Waals surface area contributed by atoms with Crippen molar-refractivity contribution in [2.75, 3.05) is 20.8 Å². The van der Waals surface area contributed by atoms with Crippen molar-refractivity contribution in [3.63, 3.8) is 0 Å². The predicted molar refractivity (Wildman–Crippen MR) is 180 cm³/mol. The van der Waals surface area contributed by atoms with Crippen molar-refractivity contribution in [1.29, 1.82) is 0 Å². The molecule has 46 heavy (non-hydrogen) atoms. The van der Waals surface area contributed by atoms with Gasteiger partial charge < -0.3 is 18.9 Å². The molecule has 0 radical (unpaired) electrons. The van der Waals surface area contributed by atoms with Crippen molar-refractivity contribution in [3.8, 4) is 17.2 Å². The largest absolute Gasteiger partial charge is 0.496 e. The van der Waals surface area contributed by atoms with Crippen LogP contribution in [-0.4, -0.2) is 31.4 Å². The number of benzene rings is 4. The van der Waals surface area contributed by atoms with Gasteiger partial charge in [0.2, 0.25) is 0 Å². The molecule has 1 atom stereocenters. The molecule has 0 spiro atoms. The highest BCUT2D eigenvalue weighted by atomic mass is 35.5. The first kappa shape index (κ1) is 31.1. The van der Waals surface area contributed by atoms with Gasteiger partial charge in [-0.15, -0.1) is 0 Å². The highest BCUT2D eigenvalue weighted by Crippen LogP contribution is 2.40. The minimum absolute atomic E-state index is 0.181. The Balaban J connectivity index is 1.47. The second-order valence-corrected chi connectivity index (χ2v) is 12.0. The molecule has 2 heterocycles. The Morgan fingerprint density at radius 1 is 0.978 bits per heavy atom. The molecule has 0 N–H and O–H groups in total. The predicted octanol–water partition coefficient (Wildman–Crippen LogP) is 6.20. The fraction of sp³-hybridized carbons (Fsp3) is 0.194. The molecule has 8 nitrogen and oxygen atoms in total. The summed E-state index contributed by atoms with van der Waals surface area (Å²) >= 11 is 7.25. The van der Waals surface area contributed by atoms with Gasteiger partial charge >= 0.3 is 5.97 Å². The quantitative estimate of drug-likeness (QED) is 0.176. The van der Waals surface area contributed by atoms with Crippen LogP contribution in [0.2, 0.25) is 5.02 Å². The Morgan fingerprint density at radius 2 is 1.72 bits per heavy atom. The summed E-state index contributed by atoms with van der Waals surface area (Å²) in [6, 6.07) is 23.7. The molecule has 1 aromatic heterocycles. The van der Waals surface area contributed by atoms with Crippen molar-refractivity contribution in [3.05, 3.63) is 132 Å². The number of hydrogen-bond acceptors (Lipinski definition) is 8. The number of carbonyl (C=O) groups is 1. The summed E-state index contributed by atoms with van der Waals surface area (Å²) < 4.78 is 25.0. The zero-order valence-electron chi connectivity index (χ0n) is 25.7. The van der Waals surface area contributed by atoms with Crippen LogP contribution < -0.4 is 29.1 Å². The number of ether oxygens (including phenoxy) is 4. The van der Waals surface area contributed by atoms with E-state index in [1.807, 2.05) is 78.9 Å². The van der Waals surface area contributed by atoms with Crippen LogP contribution in [0, 0.1) is 0 Å². The van der Waals surface area contributed by atoms with Gasteiger partial charge in [-0.1, -0.05) is 71.5 Å². The van der Waals surface area contributed by atoms with Gasteiger partial charge in [0.05, 0.1) is 36.6 Å². The van der Waals surface area contributed by atoms with E-state index in [1.54, 1.807) is 38.7 Å². The SMILES string of the molecule is CCOC(=O)C1=C(C)N=c2s/c(=C\c3ccc(OCc4ccc(Cl)cc4)c(OC)c3)c(=O)n2C1c1c(OC)ccc2ccccc12. The second kappa shape index (κ2) is 13.2. The minimum atomic E-state index is -0.823. The van der Waals surface area contributed by atoms with E-state index >= 15 is 0 Å². The number of nitrogens with zero attached hydrogens (tertiary/aromatic N) is 2. The smallest absolute Gasteiger partial charge is 0.338 e. The lowest BCUT2D eigenvalue weighted by atomic mass is 9.90. The van der Waals surface area contributed by atoms with E-state index in [-0.39, 0.29) is 12.2 Å². The van der Waals surface area contributed by atoms with Crippen LogP contribution in [0.4, 0.5) is 0 Å². The third-order valence-corrected chi connectivity index (χ3v) is 8.97. The van der Waals surface area contributed by atoms with Gasteiger partial charge in [-0.2, -0.15) is 0 Å². The van der Waals surface area contributed by atoms with E-state index in [0.717, 1.165) is 21.9 Å². The van der Waals surface area contributed by atoms with Gasteiger partial charge in [-0.3, -0.25) is 9.36 Å². The number of methoxy groups -OCH3 is 2. The van der Waals surface area contributed by atoms with Gasteiger partial charge in [0.1, 0.15) is 18.4 Å². The number of hydrogen-bond donors (Lipinski definition) is 0. The minimum Gasteiger partial charge on any atom is -0.496 e. The molecule has 10 heteroatoms. The lowest BCUT2D eigenvalue weighted by molar-refractivity contribution is -0.139. The fourth-order valence-corrected chi connectivity index (χ4v) is 6.76. The number of esters is 1. The lowest BCUT2D eigenvalue weighted by Crippen LogP contribution is -2.40. The Hall–Kier alpha value is -4.86. The Labute approximate surface area is 274 Å². The van der Waals surface area contributed by atoms with Gasteiger partial charge in [0, 0.05) is 10.6 Å². The maximum absolute atomic E-state index is 14.3. The summed E-state index contributed by atoms with van der Waals surface area (Å²) in [4.78, 5) is 32.9. The Morgan fingerprint density at radius 3 is 2.46 bits per heavy atom. The van der Waals surface area contributed by atoms with Gasteiger partial charge in [-0.25, -0.2) is 9.79 Å². The van der Waals surface area contributed by atoms with Crippen LogP contribution in [0.25, 0.3) is 16.8 Å². The summed E-state index contributed by atoms with van der Waals surface area (Å²) in [5.74, 6) is 1.11. The van der Waals surface area contributed by atoms with Crippen LogP contribution >= 0.6 is 22.9 Å². The van der Waals surface area contributed by atoms with Gasteiger partial charge in [-0.05, 0) is 72.2 Å². The molecule has 0 saturated carbocycles. The van der Waals surface area contributed by atoms with Crippen LogP contribution in [-0.2, 0) is 16.1 Å². The van der Waals surface area contributed by atoms with Crippen molar-refractivity contribution in [2.24, 2.45) is 4.99 Å². The highest BCUT2D eigenvalue weighted by molar-refractivity contribution is 7.07. The summed E-state index contributed by atoms with van der Waals surface area (Å²) in [5, 5.41) is 2.46. The zero-order valence-corrected chi connectivity index (χ0v) is 27.3. The number of aromatic nitrogens is 1. The van der Waals surface area contributed by atoms with Gasteiger partial charge in [0.15, 0.2) is 16.3 Å². The Kier molecular flexibility index (Phi) is 8.96. The summed E-state index contributed by atoms with van der Waals surface area (Å²) in [6.45, 7) is 4.03. The normalized spacial score (nSPS) is 14.5. The molecule has 0 amide bonds. The number of thiazole rings is 1. The van der Waals surface area contributed by atoms with Gasteiger partial charge in [0.25, 0.3) is 5.56 Å². The lowest BCUT2D eigenvalue weighted by Gasteiger charge is -2.27.